The second-order valence-corrected chi connectivity index (χ2v) is 6.88. The van der Waals surface area contributed by atoms with Crippen molar-refractivity contribution < 1.29 is 4.57 Å². The van der Waals surface area contributed by atoms with Gasteiger partial charge in [-0.3, -0.25) is 0 Å². The molecular formula is C14H16NOP. The van der Waals surface area contributed by atoms with Crippen LogP contribution >= 0.6 is 7.14 Å². The average molecular weight is 245 g/mol. The van der Waals surface area contributed by atoms with Crippen molar-refractivity contribution >= 4 is 17.8 Å². The van der Waals surface area contributed by atoms with Gasteiger partial charge in [0.25, 0.3) is 0 Å². The SMILES string of the molecule is NCCP(=O)(c1ccccc1)c1ccccc1. The van der Waals surface area contributed by atoms with Crippen LogP contribution in [0.1, 0.15) is 0 Å². The first kappa shape index (κ1) is 12.1. The van der Waals surface area contributed by atoms with E-state index in [0.717, 1.165) is 10.6 Å². The fraction of sp³-hybridized carbons (Fsp3) is 0.143. The van der Waals surface area contributed by atoms with Gasteiger partial charge in [-0.2, -0.15) is 0 Å². The summed E-state index contributed by atoms with van der Waals surface area (Å²) in [6.07, 6.45) is 0.515. The van der Waals surface area contributed by atoms with E-state index >= 15 is 0 Å². The van der Waals surface area contributed by atoms with Crippen molar-refractivity contribution in [3.8, 4) is 0 Å². The van der Waals surface area contributed by atoms with Crippen LogP contribution in [0.15, 0.2) is 60.7 Å². The molecule has 2 N–H and O–H groups in total. The highest BCUT2D eigenvalue weighted by molar-refractivity contribution is 7.78. The van der Waals surface area contributed by atoms with Crippen molar-refractivity contribution in [3.05, 3.63) is 60.7 Å². The standard InChI is InChI=1S/C14H16NOP/c15-11-12-17(16,13-7-3-1-4-8-13)14-9-5-2-6-10-14/h1-10H,11-12,15H2. The van der Waals surface area contributed by atoms with Crippen molar-refractivity contribution in [2.75, 3.05) is 12.7 Å². The summed E-state index contributed by atoms with van der Waals surface area (Å²) in [7, 11) is -2.55. The van der Waals surface area contributed by atoms with Gasteiger partial charge in [-0.25, -0.2) is 0 Å². The zero-order chi connectivity index (χ0) is 12.1. The van der Waals surface area contributed by atoms with Crippen LogP contribution in [0.3, 0.4) is 0 Å². The van der Waals surface area contributed by atoms with Crippen molar-refractivity contribution in [1.82, 2.24) is 0 Å². The molecule has 0 aliphatic carbocycles. The van der Waals surface area contributed by atoms with Gasteiger partial charge in [-0.1, -0.05) is 60.7 Å². The Labute approximate surface area is 102 Å². The molecule has 2 aromatic carbocycles. The molecule has 3 heteroatoms. The van der Waals surface area contributed by atoms with Gasteiger partial charge in [0.1, 0.15) is 7.14 Å². The molecule has 2 aromatic rings. The minimum atomic E-state index is -2.55. The average Bonchev–Trinajstić information content (AvgIpc) is 2.41. The topological polar surface area (TPSA) is 43.1 Å². The molecule has 2 rings (SSSR count). The Morgan fingerprint density at radius 1 is 0.824 bits per heavy atom. The van der Waals surface area contributed by atoms with Crippen LogP contribution in [0.5, 0.6) is 0 Å². The smallest absolute Gasteiger partial charge is 0.144 e. The molecule has 0 amide bonds. The van der Waals surface area contributed by atoms with Gasteiger partial charge in [0.15, 0.2) is 0 Å². The molecule has 0 saturated heterocycles. The molecule has 0 aliphatic heterocycles. The summed E-state index contributed by atoms with van der Waals surface area (Å²) in [5.74, 6) is 0. The summed E-state index contributed by atoms with van der Waals surface area (Å²) >= 11 is 0. The molecule has 2 nitrogen and oxygen atoms in total. The Bertz CT molecular complexity index is 467. The molecule has 0 fully saturated rings. The lowest BCUT2D eigenvalue weighted by Crippen LogP contribution is -2.22. The Kier molecular flexibility index (Phi) is 3.78. The van der Waals surface area contributed by atoms with E-state index in [1.54, 1.807) is 0 Å². The molecule has 88 valence electrons. The minimum absolute atomic E-state index is 0.432. The van der Waals surface area contributed by atoms with Crippen LogP contribution in [0, 0.1) is 0 Å². The zero-order valence-electron chi connectivity index (χ0n) is 9.62. The molecule has 0 unspecified atom stereocenters. The van der Waals surface area contributed by atoms with Gasteiger partial charge in [-0.15, -0.1) is 0 Å². The highest BCUT2D eigenvalue weighted by Gasteiger charge is 2.25. The van der Waals surface area contributed by atoms with Gasteiger partial charge >= 0.3 is 0 Å². The maximum absolute atomic E-state index is 13.1. The van der Waals surface area contributed by atoms with Crippen molar-refractivity contribution in [2.45, 2.75) is 0 Å². The van der Waals surface area contributed by atoms with E-state index in [2.05, 4.69) is 0 Å². The molecular weight excluding hydrogens is 229 g/mol. The van der Waals surface area contributed by atoms with Crippen LogP contribution in [0.4, 0.5) is 0 Å². The number of nitrogens with two attached hydrogens (primary N) is 1. The Morgan fingerprint density at radius 2 is 1.24 bits per heavy atom. The van der Waals surface area contributed by atoms with Gasteiger partial charge < -0.3 is 10.3 Å². The monoisotopic (exact) mass is 245 g/mol. The Balaban J connectivity index is 2.51. The predicted octanol–water partition coefficient (Wildman–Crippen LogP) is 1.96. The van der Waals surface area contributed by atoms with E-state index in [1.807, 2.05) is 60.7 Å². The molecule has 17 heavy (non-hydrogen) atoms. The van der Waals surface area contributed by atoms with Crippen LogP contribution in [0.25, 0.3) is 0 Å². The summed E-state index contributed by atoms with van der Waals surface area (Å²) in [4.78, 5) is 0. The summed E-state index contributed by atoms with van der Waals surface area (Å²) in [6.45, 7) is 0.432. The molecule has 0 bridgehead atoms. The summed E-state index contributed by atoms with van der Waals surface area (Å²) in [6, 6.07) is 19.2. The number of hydrogen-bond donors (Lipinski definition) is 1. The largest absolute Gasteiger partial charge is 0.330 e. The van der Waals surface area contributed by atoms with Gasteiger partial charge in [0.05, 0.1) is 0 Å². The first-order chi connectivity index (χ1) is 8.27. The first-order valence-electron chi connectivity index (χ1n) is 5.68. The maximum atomic E-state index is 13.1. The lowest BCUT2D eigenvalue weighted by atomic mass is 10.4. The molecule has 0 heterocycles. The third-order valence-electron chi connectivity index (χ3n) is 2.79. The van der Waals surface area contributed by atoms with Crippen molar-refractivity contribution in [1.29, 1.82) is 0 Å². The van der Waals surface area contributed by atoms with Crippen molar-refractivity contribution in [2.24, 2.45) is 5.73 Å². The molecule has 0 aliphatic rings. The van der Waals surface area contributed by atoms with Crippen LogP contribution < -0.4 is 16.3 Å². The highest BCUT2D eigenvalue weighted by atomic mass is 31.2. The van der Waals surface area contributed by atoms with E-state index in [4.69, 9.17) is 5.73 Å². The minimum Gasteiger partial charge on any atom is -0.330 e. The van der Waals surface area contributed by atoms with Crippen LogP contribution in [0.2, 0.25) is 0 Å². The summed E-state index contributed by atoms with van der Waals surface area (Å²) in [5.41, 5.74) is 5.62. The fourth-order valence-corrected chi connectivity index (χ4v) is 4.41. The third-order valence-corrected chi connectivity index (χ3v) is 5.94. The van der Waals surface area contributed by atoms with E-state index in [0.29, 0.717) is 12.7 Å². The van der Waals surface area contributed by atoms with Gasteiger partial charge in [0, 0.05) is 16.8 Å². The van der Waals surface area contributed by atoms with Crippen molar-refractivity contribution in [3.63, 3.8) is 0 Å². The van der Waals surface area contributed by atoms with Crippen LogP contribution in [-0.2, 0) is 4.57 Å². The molecule has 0 aromatic heterocycles. The molecule has 0 radical (unpaired) electrons. The van der Waals surface area contributed by atoms with E-state index < -0.39 is 7.14 Å². The predicted molar refractivity (Wildman–Crippen MR) is 73.7 cm³/mol. The third kappa shape index (κ3) is 2.49. The van der Waals surface area contributed by atoms with E-state index in [1.165, 1.54) is 0 Å². The Hall–Kier alpha value is -1.37. The second-order valence-electron chi connectivity index (χ2n) is 3.92. The lowest BCUT2D eigenvalue weighted by molar-refractivity contribution is 0.587. The molecule has 0 saturated carbocycles. The first-order valence-corrected chi connectivity index (χ1v) is 7.57. The normalized spacial score (nSPS) is 11.4. The summed E-state index contributed by atoms with van der Waals surface area (Å²) in [5, 5.41) is 1.77. The number of rotatable bonds is 4. The molecule has 0 spiro atoms. The van der Waals surface area contributed by atoms with Gasteiger partial charge in [-0.05, 0) is 6.54 Å². The van der Waals surface area contributed by atoms with Crippen LogP contribution in [-0.4, -0.2) is 12.7 Å². The highest BCUT2D eigenvalue weighted by Crippen LogP contribution is 2.42. The fourth-order valence-electron chi connectivity index (χ4n) is 1.93. The number of benzene rings is 2. The lowest BCUT2D eigenvalue weighted by Gasteiger charge is -2.18. The van der Waals surface area contributed by atoms with Gasteiger partial charge in [0.2, 0.25) is 0 Å². The quantitative estimate of drug-likeness (QED) is 0.837. The van der Waals surface area contributed by atoms with E-state index in [-0.39, 0.29) is 0 Å². The number of hydrogen-bond acceptors (Lipinski definition) is 2. The Morgan fingerprint density at radius 3 is 1.59 bits per heavy atom. The molecule has 0 atom stereocenters. The van der Waals surface area contributed by atoms with E-state index in [9.17, 15) is 4.57 Å². The summed E-state index contributed by atoms with van der Waals surface area (Å²) < 4.78 is 13.1. The maximum Gasteiger partial charge on any atom is 0.144 e. The zero-order valence-corrected chi connectivity index (χ0v) is 10.5. The second kappa shape index (κ2) is 5.31.